The van der Waals surface area contributed by atoms with Crippen LogP contribution in [0.15, 0.2) is 29.3 Å². The van der Waals surface area contributed by atoms with Crippen molar-refractivity contribution < 1.29 is 9.59 Å². The summed E-state index contributed by atoms with van der Waals surface area (Å²) >= 11 is 1.17. The normalized spacial score (nSPS) is 10.7. The number of nitrogens with zero attached hydrogens (tertiary/aromatic N) is 2. The number of thiazole rings is 1. The Balaban J connectivity index is 2.10. The second kappa shape index (κ2) is 8.90. The molecular formula is C16H20N6O2S. The zero-order chi connectivity index (χ0) is 18.2. The van der Waals surface area contributed by atoms with Gasteiger partial charge in [0.2, 0.25) is 5.91 Å². The highest BCUT2D eigenvalue weighted by molar-refractivity contribution is 7.17. The molecule has 2 rings (SSSR count). The lowest BCUT2D eigenvalue weighted by Gasteiger charge is -2.03. The number of carbonyl (C=O) groups is 2. The Morgan fingerprint density at radius 3 is 2.60 bits per heavy atom. The molecular weight excluding hydrogens is 340 g/mol. The third kappa shape index (κ3) is 5.37. The molecule has 1 aromatic carbocycles. The summed E-state index contributed by atoms with van der Waals surface area (Å²) in [6.45, 7) is 1.41. The van der Waals surface area contributed by atoms with E-state index in [0.29, 0.717) is 28.5 Å². The summed E-state index contributed by atoms with van der Waals surface area (Å²) in [5, 5.41) is 5.66. The highest BCUT2D eigenvalue weighted by Gasteiger charge is 2.17. The fourth-order valence-electron chi connectivity index (χ4n) is 2.14. The van der Waals surface area contributed by atoms with Gasteiger partial charge in [-0.1, -0.05) is 23.5 Å². The lowest BCUT2D eigenvalue weighted by Crippen LogP contribution is -2.18. The summed E-state index contributed by atoms with van der Waals surface area (Å²) in [6.07, 6.45) is 2.71. The molecule has 0 aliphatic heterocycles. The predicted octanol–water partition coefficient (Wildman–Crippen LogP) is 1.37. The van der Waals surface area contributed by atoms with Crippen LogP contribution in [0, 0.1) is 0 Å². The second-order valence-corrected chi connectivity index (χ2v) is 6.15. The molecule has 0 aliphatic rings. The zero-order valence-corrected chi connectivity index (χ0v) is 14.8. The number of aromatic nitrogens is 1. The first-order valence-electron chi connectivity index (χ1n) is 7.60. The van der Waals surface area contributed by atoms with Crippen LogP contribution in [0.5, 0.6) is 0 Å². The summed E-state index contributed by atoms with van der Waals surface area (Å²) in [4.78, 5) is 32.2. The molecule has 0 saturated carbocycles. The molecule has 0 radical (unpaired) electrons. The Kier molecular flexibility index (Phi) is 6.61. The number of amides is 2. The summed E-state index contributed by atoms with van der Waals surface area (Å²) in [7, 11) is 1.57. The van der Waals surface area contributed by atoms with Gasteiger partial charge in [-0.2, -0.15) is 0 Å². The summed E-state index contributed by atoms with van der Waals surface area (Å²) in [5.74, 6) is 4.71. The van der Waals surface area contributed by atoms with Crippen molar-refractivity contribution in [1.29, 1.82) is 0 Å². The van der Waals surface area contributed by atoms with Crippen molar-refractivity contribution >= 4 is 40.3 Å². The fourth-order valence-corrected chi connectivity index (χ4v) is 3.14. The van der Waals surface area contributed by atoms with Crippen LogP contribution in [0.3, 0.4) is 0 Å². The van der Waals surface area contributed by atoms with Gasteiger partial charge in [-0.3, -0.25) is 9.59 Å². The van der Waals surface area contributed by atoms with Gasteiger partial charge in [0.1, 0.15) is 11.2 Å². The van der Waals surface area contributed by atoms with Crippen LogP contribution in [0.2, 0.25) is 0 Å². The largest absolute Gasteiger partial charge is 0.354 e. The number of nitrogens with two attached hydrogens (primary N) is 1. The quantitative estimate of drug-likeness (QED) is 0.257. The molecule has 5 N–H and O–H groups in total. The standard InChI is InChI=1S/C16H20N6O2S/c1-10(23)21-16-22-13(14(25-16)15(24)18-2)8-5-11-3-6-12(7-4-11)19-9-20-17/h3-4,6-7,9H,5,8,17H2,1-2H3,(H,18,24)(H,19,20)(H,21,22,23). The van der Waals surface area contributed by atoms with Crippen molar-refractivity contribution in [2.75, 3.05) is 12.4 Å². The van der Waals surface area contributed by atoms with Gasteiger partial charge in [-0.15, -0.1) is 0 Å². The van der Waals surface area contributed by atoms with Gasteiger partial charge in [-0.05, 0) is 30.5 Å². The monoisotopic (exact) mass is 360 g/mol. The van der Waals surface area contributed by atoms with Gasteiger partial charge < -0.3 is 16.1 Å². The van der Waals surface area contributed by atoms with Crippen LogP contribution < -0.4 is 21.9 Å². The van der Waals surface area contributed by atoms with Crippen LogP contribution >= 0.6 is 11.3 Å². The molecule has 0 aliphatic carbocycles. The average molecular weight is 360 g/mol. The van der Waals surface area contributed by atoms with E-state index in [1.54, 1.807) is 7.05 Å². The Labute approximate surface area is 149 Å². The van der Waals surface area contributed by atoms with E-state index in [0.717, 1.165) is 11.3 Å². The molecule has 0 unspecified atom stereocenters. The number of hydrogen-bond donors (Lipinski definition) is 4. The van der Waals surface area contributed by atoms with Crippen molar-refractivity contribution in [3.05, 3.63) is 40.4 Å². The van der Waals surface area contributed by atoms with Gasteiger partial charge in [-0.25, -0.2) is 15.8 Å². The number of benzene rings is 1. The Hall–Kier alpha value is -2.78. The van der Waals surface area contributed by atoms with E-state index < -0.39 is 0 Å². The number of rotatable bonds is 7. The molecule has 9 heteroatoms. The van der Waals surface area contributed by atoms with Gasteiger partial charge in [0.05, 0.1) is 11.4 Å². The summed E-state index contributed by atoms with van der Waals surface area (Å²) < 4.78 is 0. The molecule has 132 valence electrons. The summed E-state index contributed by atoms with van der Waals surface area (Å²) in [6, 6.07) is 7.69. The molecule has 2 aromatic rings. The maximum absolute atomic E-state index is 12.0. The first kappa shape index (κ1) is 18.6. The van der Waals surface area contributed by atoms with Gasteiger partial charge in [0.15, 0.2) is 5.13 Å². The van der Waals surface area contributed by atoms with Crippen LogP contribution in [0.1, 0.15) is 27.9 Å². The zero-order valence-electron chi connectivity index (χ0n) is 14.0. The minimum atomic E-state index is -0.216. The molecule has 1 aromatic heterocycles. The van der Waals surface area contributed by atoms with Gasteiger partial charge in [0, 0.05) is 14.0 Å². The molecule has 0 bridgehead atoms. The number of hydrogen-bond acceptors (Lipinski definition) is 6. The van der Waals surface area contributed by atoms with Crippen molar-refractivity contribution in [2.24, 2.45) is 10.8 Å². The maximum Gasteiger partial charge on any atom is 0.263 e. The number of aryl methyl sites for hydroxylation is 2. The molecule has 0 fully saturated rings. The first-order valence-corrected chi connectivity index (χ1v) is 8.42. The number of aliphatic imine (C=N–C) groups is 1. The van der Waals surface area contributed by atoms with Crippen molar-refractivity contribution in [1.82, 2.24) is 15.7 Å². The Morgan fingerprint density at radius 1 is 1.28 bits per heavy atom. The summed E-state index contributed by atoms with van der Waals surface area (Å²) in [5.41, 5.74) is 4.90. The van der Waals surface area contributed by atoms with E-state index in [9.17, 15) is 9.59 Å². The van der Waals surface area contributed by atoms with Crippen LogP contribution in [-0.4, -0.2) is 30.2 Å². The first-order chi connectivity index (χ1) is 12.0. The topological polar surface area (TPSA) is 122 Å². The van der Waals surface area contributed by atoms with Crippen LogP contribution in [-0.2, 0) is 17.6 Å². The second-order valence-electron chi connectivity index (χ2n) is 5.15. The van der Waals surface area contributed by atoms with Crippen molar-refractivity contribution in [2.45, 2.75) is 19.8 Å². The van der Waals surface area contributed by atoms with Crippen molar-refractivity contribution in [3.8, 4) is 0 Å². The highest BCUT2D eigenvalue weighted by Crippen LogP contribution is 2.24. The minimum Gasteiger partial charge on any atom is -0.354 e. The lowest BCUT2D eigenvalue weighted by atomic mass is 10.1. The van der Waals surface area contributed by atoms with E-state index >= 15 is 0 Å². The van der Waals surface area contributed by atoms with E-state index in [1.165, 1.54) is 24.6 Å². The van der Waals surface area contributed by atoms with E-state index in [4.69, 9.17) is 5.84 Å². The van der Waals surface area contributed by atoms with Gasteiger partial charge in [0.25, 0.3) is 5.91 Å². The third-order valence-electron chi connectivity index (χ3n) is 3.29. The van der Waals surface area contributed by atoms with Crippen LogP contribution in [0.25, 0.3) is 0 Å². The minimum absolute atomic E-state index is 0.205. The Bertz CT molecular complexity index is 769. The number of anilines is 1. The van der Waals surface area contributed by atoms with E-state index in [1.807, 2.05) is 24.3 Å². The molecule has 0 atom stereocenters. The van der Waals surface area contributed by atoms with E-state index in [2.05, 4.69) is 26.0 Å². The highest BCUT2D eigenvalue weighted by atomic mass is 32.1. The maximum atomic E-state index is 12.0. The van der Waals surface area contributed by atoms with E-state index in [-0.39, 0.29) is 11.8 Å². The molecule has 25 heavy (non-hydrogen) atoms. The van der Waals surface area contributed by atoms with Crippen LogP contribution in [0.4, 0.5) is 10.8 Å². The predicted molar refractivity (Wildman–Crippen MR) is 99.1 cm³/mol. The smallest absolute Gasteiger partial charge is 0.263 e. The lowest BCUT2D eigenvalue weighted by molar-refractivity contribution is -0.114. The fraction of sp³-hybridized carbons (Fsp3) is 0.250. The third-order valence-corrected chi connectivity index (χ3v) is 4.30. The average Bonchev–Trinajstić information content (AvgIpc) is 3.00. The van der Waals surface area contributed by atoms with Gasteiger partial charge >= 0.3 is 0 Å². The molecule has 1 heterocycles. The Morgan fingerprint density at radius 2 is 2.00 bits per heavy atom. The van der Waals surface area contributed by atoms with Crippen molar-refractivity contribution in [3.63, 3.8) is 0 Å². The number of carbonyl (C=O) groups excluding carboxylic acids is 2. The SMILES string of the molecule is CNC(=O)c1sc(NC(C)=O)nc1CCc1ccc(N=CNN)cc1. The number of hydrazine groups is 1. The molecule has 0 spiro atoms. The molecule has 8 nitrogen and oxygen atoms in total. The molecule has 0 saturated heterocycles. The number of nitrogens with one attached hydrogen (secondary N) is 3. The molecule has 2 amide bonds.